The standard InChI is InChI=1S/C32H22N6O2/c33-23-3-1-2-18-14-26(34-15-22(18)23)24-10-8-16-4-6-19-12-21-13-20-7-5-17-9-11-25(32(39)40)36-28(17)30(20)38-31(21)37-29(19)27(16)35-24/h1-3,8-15H,4-7,33H2,(H,39,40). The number of hydrogen-bond donors (Lipinski definition) is 2. The molecule has 8 rings (SSSR count). The van der Waals surface area contributed by atoms with Gasteiger partial charge < -0.3 is 10.8 Å². The number of carboxylic acid groups (broad SMARTS) is 1. The summed E-state index contributed by atoms with van der Waals surface area (Å²) in [5.41, 5.74) is 16.4. The molecule has 0 bridgehead atoms. The van der Waals surface area contributed by atoms with Gasteiger partial charge in [0.15, 0.2) is 5.65 Å². The van der Waals surface area contributed by atoms with Crippen molar-refractivity contribution in [3.05, 3.63) is 94.8 Å². The van der Waals surface area contributed by atoms with Gasteiger partial charge in [-0.15, -0.1) is 0 Å². The maximum atomic E-state index is 11.6. The van der Waals surface area contributed by atoms with Gasteiger partial charge in [0.2, 0.25) is 0 Å². The lowest BCUT2D eigenvalue weighted by molar-refractivity contribution is 0.0690. The van der Waals surface area contributed by atoms with Gasteiger partial charge in [0.1, 0.15) is 5.69 Å². The number of aromatic nitrogens is 5. The number of anilines is 1. The van der Waals surface area contributed by atoms with E-state index in [1.807, 2.05) is 36.4 Å². The number of nitrogens with zero attached hydrogens (tertiary/aromatic N) is 5. The molecular weight excluding hydrogens is 500 g/mol. The molecule has 0 spiro atoms. The second-order valence-electron chi connectivity index (χ2n) is 10.4. The maximum Gasteiger partial charge on any atom is 0.354 e. The normalized spacial score (nSPS) is 13.4. The van der Waals surface area contributed by atoms with Crippen LogP contribution < -0.4 is 5.73 Å². The number of hydrogen-bond acceptors (Lipinski definition) is 7. The highest BCUT2D eigenvalue weighted by Crippen LogP contribution is 2.37. The molecule has 0 atom stereocenters. The summed E-state index contributed by atoms with van der Waals surface area (Å²) in [6.45, 7) is 0. The maximum absolute atomic E-state index is 11.6. The molecular formula is C32H22N6O2. The lowest BCUT2D eigenvalue weighted by atomic mass is 9.89. The van der Waals surface area contributed by atoms with Crippen molar-refractivity contribution in [3.63, 3.8) is 0 Å². The number of aromatic carboxylic acids is 1. The monoisotopic (exact) mass is 522 g/mol. The number of rotatable bonds is 2. The molecule has 6 aromatic rings. The van der Waals surface area contributed by atoms with Gasteiger partial charge in [-0.3, -0.25) is 4.98 Å². The molecule has 192 valence electrons. The fraction of sp³-hybridized carbons (Fsp3) is 0.125. The first-order valence-electron chi connectivity index (χ1n) is 13.2. The van der Waals surface area contributed by atoms with Crippen molar-refractivity contribution in [2.75, 3.05) is 5.73 Å². The Hall–Kier alpha value is -5.24. The van der Waals surface area contributed by atoms with Crippen LogP contribution in [0, 0.1) is 0 Å². The van der Waals surface area contributed by atoms with Crippen molar-refractivity contribution < 1.29 is 9.90 Å². The number of carboxylic acids is 1. The van der Waals surface area contributed by atoms with E-state index in [1.165, 1.54) is 0 Å². The third kappa shape index (κ3) is 3.46. The zero-order chi connectivity index (χ0) is 27.0. The number of carbonyl (C=O) groups is 1. The molecule has 1 aromatic carbocycles. The predicted octanol–water partition coefficient (Wildman–Crippen LogP) is 5.45. The van der Waals surface area contributed by atoms with Gasteiger partial charge in [-0.2, -0.15) is 0 Å². The third-order valence-corrected chi connectivity index (χ3v) is 7.98. The van der Waals surface area contributed by atoms with Crippen LogP contribution in [0.1, 0.15) is 32.7 Å². The number of nitrogen functional groups attached to an aromatic ring is 1. The summed E-state index contributed by atoms with van der Waals surface area (Å²) in [5.74, 6) is -1.05. The Morgan fingerprint density at radius 3 is 2.05 bits per heavy atom. The van der Waals surface area contributed by atoms with Gasteiger partial charge in [-0.1, -0.05) is 24.3 Å². The van der Waals surface area contributed by atoms with Crippen molar-refractivity contribution in [2.45, 2.75) is 25.7 Å². The van der Waals surface area contributed by atoms with Crippen molar-refractivity contribution in [2.24, 2.45) is 0 Å². The first kappa shape index (κ1) is 22.7. The SMILES string of the molecule is Nc1cccc2cc(-c3ccc4c(n3)-c3nc5nc6c(cc5cc3CC4)CCc3ccc(C(=O)O)nc3-6)ncc12. The Kier molecular flexibility index (Phi) is 4.76. The van der Waals surface area contributed by atoms with Gasteiger partial charge in [-0.05, 0) is 89.7 Å². The predicted molar refractivity (Wildman–Crippen MR) is 153 cm³/mol. The number of fused-ring (bicyclic) bond motifs is 8. The second kappa shape index (κ2) is 8.38. The topological polar surface area (TPSA) is 128 Å². The molecule has 5 aromatic heterocycles. The van der Waals surface area contributed by atoms with Crippen LogP contribution in [-0.4, -0.2) is 36.0 Å². The molecule has 0 fully saturated rings. The van der Waals surface area contributed by atoms with E-state index in [1.54, 1.807) is 12.3 Å². The van der Waals surface area contributed by atoms with Crippen LogP contribution in [0.15, 0.2) is 66.9 Å². The molecule has 8 nitrogen and oxygen atoms in total. The van der Waals surface area contributed by atoms with Gasteiger partial charge >= 0.3 is 5.97 Å². The zero-order valence-electron chi connectivity index (χ0n) is 21.3. The molecule has 0 radical (unpaired) electrons. The van der Waals surface area contributed by atoms with Crippen molar-refractivity contribution in [1.29, 1.82) is 0 Å². The second-order valence-corrected chi connectivity index (χ2v) is 10.4. The Morgan fingerprint density at radius 1 is 0.675 bits per heavy atom. The summed E-state index contributed by atoms with van der Waals surface area (Å²) < 4.78 is 0. The quantitative estimate of drug-likeness (QED) is 0.288. The highest BCUT2D eigenvalue weighted by atomic mass is 16.4. The summed E-state index contributed by atoms with van der Waals surface area (Å²) in [7, 11) is 0. The molecule has 0 saturated carbocycles. The first-order valence-corrected chi connectivity index (χ1v) is 13.2. The molecule has 0 amide bonds. The smallest absolute Gasteiger partial charge is 0.354 e. The lowest BCUT2D eigenvalue weighted by Gasteiger charge is -2.21. The van der Waals surface area contributed by atoms with Gasteiger partial charge in [0.25, 0.3) is 0 Å². The number of pyridine rings is 5. The molecule has 0 aliphatic heterocycles. The third-order valence-electron chi connectivity index (χ3n) is 7.98. The Labute approximate surface area is 228 Å². The molecule has 5 heterocycles. The van der Waals surface area contributed by atoms with Gasteiger partial charge in [0, 0.05) is 22.7 Å². The first-order chi connectivity index (χ1) is 19.5. The van der Waals surface area contributed by atoms with Crippen LogP contribution >= 0.6 is 0 Å². The van der Waals surface area contributed by atoms with Crippen molar-refractivity contribution >= 4 is 33.5 Å². The lowest BCUT2D eigenvalue weighted by Crippen LogP contribution is -2.12. The van der Waals surface area contributed by atoms with E-state index < -0.39 is 5.97 Å². The van der Waals surface area contributed by atoms with E-state index in [9.17, 15) is 9.90 Å². The molecule has 8 heteroatoms. The van der Waals surface area contributed by atoms with Crippen molar-refractivity contribution in [1.82, 2.24) is 24.9 Å². The van der Waals surface area contributed by atoms with Crippen LogP contribution in [-0.2, 0) is 25.7 Å². The van der Waals surface area contributed by atoms with Crippen LogP contribution in [0.4, 0.5) is 5.69 Å². The largest absolute Gasteiger partial charge is 0.477 e. The van der Waals surface area contributed by atoms with E-state index >= 15 is 0 Å². The van der Waals surface area contributed by atoms with Crippen LogP contribution in [0.25, 0.3) is 56.0 Å². The van der Waals surface area contributed by atoms with Crippen molar-refractivity contribution in [3.8, 4) is 34.2 Å². The summed E-state index contributed by atoms with van der Waals surface area (Å²) in [6, 6.07) is 19.7. The van der Waals surface area contributed by atoms with E-state index in [2.05, 4.69) is 28.2 Å². The minimum absolute atomic E-state index is 0.0162. The molecule has 2 aliphatic carbocycles. The van der Waals surface area contributed by atoms with Gasteiger partial charge in [0.05, 0.1) is 34.2 Å². The summed E-state index contributed by atoms with van der Waals surface area (Å²) in [5, 5.41) is 12.4. The fourth-order valence-electron chi connectivity index (χ4n) is 5.91. The molecule has 40 heavy (non-hydrogen) atoms. The highest BCUT2D eigenvalue weighted by molar-refractivity contribution is 5.94. The average molecular weight is 523 g/mol. The van der Waals surface area contributed by atoms with Gasteiger partial charge in [-0.25, -0.2) is 24.7 Å². The van der Waals surface area contributed by atoms with E-state index in [-0.39, 0.29) is 5.69 Å². The Morgan fingerprint density at radius 2 is 1.32 bits per heavy atom. The van der Waals surface area contributed by atoms with Crippen LogP contribution in [0.5, 0.6) is 0 Å². The minimum Gasteiger partial charge on any atom is -0.477 e. The highest BCUT2D eigenvalue weighted by Gasteiger charge is 2.25. The molecule has 0 unspecified atom stereocenters. The van der Waals surface area contributed by atoms with E-state index in [0.29, 0.717) is 22.7 Å². The summed E-state index contributed by atoms with van der Waals surface area (Å²) in [6.07, 6.45) is 5.20. The Balaban J connectivity index is 1.27. The fourth-order valence-corrected chi connectivity index (χ4v) is 5.91. The Bertz CT molecular complexity index is 2070. The van der Waals surface area contributed by atoms with E-state index in [0.717, 1.165) is 86.9 Å². The minimum atomic E-state index is -1.05. The van der Waals surface area contributed by atoms with Crippen LogP contribution in [0.2, 0.25) is 0 Å². The van der Waals surface area contributed by atoms with E-state index in [4.69, 9.17) is 20.7 Å². The number of benzene rings is 1. The summed E-state index contributed by atoms with van der Waals surface area (Å²) in [4.78, 5) is 35.7. The molecule has 3 N–H and O–H groups in total. The van der Waals surface area contributed by atoms with Crippen LogP contribution in [0.3, 0.4) is 0 Å². The summed E-state index contributed by atoms with van der Waals surface area (Å²) >= 11 is 0. The molecule has 0 saturated heterocycles. The number of aryl methyl sites for hydroxylation is 4. The average Bonchev–Trinajstić information content (AvgIpc) is 2.98. The molecule has 2 aliphatic rings. The zero-order valence-corrected chi connectivity index (χ0v) is 21.3. The number of nitrogens with two attached hydrogens (primary N) is 1.